The van der Waals surface area contributed by atoms with Gasteiger partial charge in [-0.25, -0.2) is 4.57 Å². The van der Waals surface area contributed by atoms with E-state index in [1.165, 1.54) is 43.5 Å². The number of pyridine rings is 1. The quantitative estimate of drug-likeness (QED) is 0.295. The third-order valence-corrected chi connectivity index (χ3v) is 4.58. The summed E-state index contributed by atoms with van der Waals surface area (Å²) in [6.07, 6.45) is 2.23. The molecule has 0 radical (unpaired) electrons. The summed E-state index contributed by atoms with van der Waals surface area (Å²) in [5.41, 5.74) is 3.66. The minimum atomic E-state index is 0. The van der Waals surface area contributed by atoms with Gasteiger partial charge in [0.1, 0.15) is 7.05 Å². The van der Waals surface area contributed by atoms with Crippen molar-refractivity contribution >= 4 is 43.5 Å². The second-order valence-electron chi connectivity index (χ2n) is 5.92. The molecule has 0 aliphatic rings. The first-order chi connectivity index (χ1) is 10.8. The Bertz CT molecular complexity index is 1190. The number of hydrogen-bond acceptors (Lipinski definition) is 0. The molecular formula is C20H15IN2. The van der Waals surface area contributed by atoms with E-state index in [9.17, 15) is 0 Å². The minimum absolute atomic E-state index is 0. The van der Waals surface area contributed by atoms with Crippen LogP contribution in [0.1, 0.15) is 0 Å². The maximum Gasteiger partial charge on any atom is 0.214 e. The fourth-order valence-electron chi connectivity index (χ4n) is 3.51. The van der Waals surface area contributed by atoms with Crippen LogP contribution in [0.2, 0.25) is 0 Å². The summed E-state index contributed by atoms with van der Waals surface area (Å²) in [5.74, 6) is 0. The first-order valence-electron chi connectivity index (χ1n) is 7.53. The van der Waals surface area contributed by atoms with Crippen LogP contribution in [0.3, 0.4) is 0 Å². The molecule has 0 bridgehead atoms. The smallest absolute Gasteiger partial charge is 0.214 e. The van der Waals surface area contributed by atoms with Gasteiger partial charge in [0.15, 0.2) is 6.20 Å². The number of fused-ring (bicyclic) bond motifs is 6. The molecule has 0 atom stereocenters. The van der Waals surface area contributed by atoms with Gasteiger partial charge in [-0.3, -0.25) is 0 Å². The molecular weight excluding hydrogens is 395 g/mol. The fourth-order valence-corrected chi connectivity index (χ4v) is 3.51. The summed E-state index contributed by atoms with van der Waals surface area (Å²) < 4.78 is 2.21. The Morgan fingerprint density at radius 3 is 2.30 bits per heavy atom. The van der Waals surface area contributed by atoms with E-state index in [0.29, 0.717) is 0 Å². The molecule has 0 aliphatic heterocycles. The van der Waals surface area contributed by atoms with Gasteiger partial charge in [-0.2, -0.15) is 0 Å². The number of halogens is 1. The molecule has 0 saturated heterocycles. The first-order valence-corrected chi connectivity index (χ1v) is 7.53. The minimum Gasteiger partial charge on any atom is -1.00 e. The lowest BCUT2D eigenvalue weighted by Gasteiger charge is -1.99. The van der Waals surface area contributed by atoms with Crippen molar-refractivity contribution in [2.24, 2.45) is 7.05 Å². The zero-order chi connectivity index (χ0) is 14.7. The van der Waals surface area contributed by atoms with Crippen LogP contribution in [0.4, 0.5) is 0 Å². The Balaban J connectivity index is 0.00000135. The van der Waals surface area contributed by atoms with Crippen molar-refractivity contribution in [1.82, 2.24) is 4.98 Å². The average Bonchev–Trinajstić information content (AvgIpc) is 2.91. The van der Waals surface area contributed by atoms with Gasteiger partial charge in [0, 0.05) is 17.0 Å². The van der Waals surface area contributed by atoms with E-state index in [4.69, 9.17) is 0 Å². The molecule has 0 aliphatic carbocycles. The lowest BCUT2D eigenvalue weighted by Crippen LogP contribution is -3.00. The molecule has 2 aromatic heterocycles. The summed E-state index contributed by atoms with van der Waals surface area (Å²) in [5, 5.41) is 6.39. The SMILES string of the molecule is C[n+]1cc2c3cc4ccccc4cc3[nH]c2c2ccccc21.[I-]. The van der Waals surface area contributed by atoms with E-state index in [1.807, 2.05) is 0 Å². The second-order valence-corrected chi connectivity index (χ2v) is 5.92. The molecule has 0 unspecified atom stereocenters. The van der Waals surface area contributed by atoms with Crippen LogP contribution >= 0.6 is 0 Å². The van der Waals surface area contributed by atoms with Gasteiger partial charge in [-0.1, -0.05) is 36.4 Å². The standard InChI is InChI=1S/C20H14N2.HI/c1-22-12-17-16-10-13-6-2-3-7-14(13)11-18(16)21-20(17)15-8-4-5-9-19(15)22;/h2-12H,1H3;1H. The molecule has 3 aromatic carbocycles. The Kier molecular flexibility index (Phi) is 3.27. The predicted octanol–water partition coefficient (Wildman–Crippen LogP) is 1.46. The van der Waals surface area contributed by atoms with Gasteiger partial charge in [-0.15, -0.1) is 0 Å². The summed E-state index contributed by atoms with van der Waals surface area (Å²) in [7, 11) is 2.11. The molecule has 3 heteroatoms. The molecule has 0 fully saturated rings. The lowest BCUT2D eigenvalue weighted by atomic mass is 10.1. The van der Waals surface area contributed by atoms with Gasteiger partial charge >= 0.3 is 0 Å². The number of H-pyrrole nitrogens is 1. The van der Waals surface area contributed by atoms with E-state index in [1.54, 1.807) is 0 Å². The number of nitrogens with zero attached hydrogens (tertiary/aromatic N) is 1. The largest absolute Gasteiger partial charge is 1.00 e. The molecule has 23 heavy (non-hydrogen) atoms. The molecule has 0 spiro atoms. The molecule has 1 N–H and O–H groups in total. The summed E-state index contributed by atoms with van der Waals surface area (Å²) in [6.45, 7) is 0. The van der Waals surface area contributed by atoms with Crippen LogP contribution in [-0.4, -0.2) is 4.98 Å². The third kappa shape index (κ3) is 2.03. The average molecular weight is 410 g/mol. The highest BCUT2D eigenvalue weighted by molar-refractivity contribution is 6.17. The number of benzene rings is 3. The van der Waals surface area contributed by atoms with E-state index in [-0.39, 0.29) is 24.0 Å². The van der Waals surface area contributed by atoms with E-state index in [2.05, 4.69) is 83.5 Å². The molecule has 0 amide bonds. The second kappa shape index (κ2) is 5.20. The zero-order valence-corrected chi connectivity index (χ0v) is 14.8. The molecule has 0 saturated carbocycles. The van der Waals surface area contributed by atoms with Crippen molar-refractivity contribution in [2.75, 3.05) is 0 Å². The number of aromatic nitrogens is 2. The molecule has 2 nitrogen and oxygen atoms in total. The Labute approximate surface area is 150 Å². The third-order valence-electron chi connectivity index (χ3n) is 4.58. The molecule has 112 valence electrons. The van der Waals surface area contributed by atoms with Crippen LogP contribution in [0.5, 0.6) is 0 Å². The molecule has 2 heterocycles. The van der Waals surface area contributed by atoms with Crippen molar-refractivity contribution in [3.63, 3.8) is 0 Å². The van der Waals surface area contributed by atoms with Gasteiger partial charge in [0.05, 0.1) is 16.3 Å². The van der Waals surface area contributed by atoms with Crippen LogP contribution in [0.25, 0.3) is 43.5 Å². The summed E-state index contributed by atoms with van der Waals surface area (Å²) in [6, 6.07) is 21.6. The van der Waals surface area contributed by atoms with Gasteiger partial charge in [0.2, 0.25) is 5.52 Å². The highest BCUT2D eigenvalue weighted by Crippen LogP contribution is 2.31. The Morgan fingerprint density at radius 1 is 0.783 bits per heavy atom. The molecule has 5 rings (SSSR count). The van der Waals surface area contributed by atoms with Gasteiger partial charge < -0.3 is 29.0 Å². The maximum absolute atomic E-state index is 3.63. The number of para-hydroxylation sites is 1. The molecule has 5 aromatic rings. The fraction of sp³-hybridized carbons (Fsp3) is 0.0500. The van der Waals surface area contributed by atoms with Crippen molar-refractivity contribution in [2.45, 2.75) is 0 Å². The van der Waals surface area contributed by atoms with E-state index in [0.717, 1.165) is 0 Å². The number of hydrogen-bond donors (Lipinski definition) is 1. The van der Waals surface area contributed by atoms with Crippen molar-refractivity contribution < 1.29 is 28.5 Å². The van der Waals surface area contributed by atoms with E-state index >= 15 is 0 Å². The van der Waals surface area contributed by atoms with Crippen LogP contribution in [0.15, 0.2) is 66.9 Å². The Hall–Kier alpha value is -2.14. The number of aryl methyl sites for hydroxylation is 1. The maximum atomic E-state index is 3.63. The van der Waals surface area contributed by atoms with Crippen LogP contribution < -0.4 is 28.5 Å². The highest BCUT2D eigenvalue weighted by atomic mass is 127. The summed E-state index contributed by atoms with van der Waals surface area (Å²) in [4.78, 5) is 3.63. The van der Waals surface area contributed by atoms with Gasteiger partial charge in [0.25, 0.3) is 0 Å². The van der Waals surface area contributed by atoms with E-state index < -0.39 is 0 Å². The van der Waals surface area contributed by atoms with Crippen molar-refractivity contribution in [1.29, 1.82) is 0 Å². The number of aromatic amines is 1. The predicted molar refractivity (Wildman–Crippen MR) is 92.0 cm³/mol. The number of rotatable bonds is 0. The topological polar surface area (TPSA) is 19.7 Å². The van der Waals surface area contributed by atoms with Crippen LogP contribution in [0, 0.1) is 0 Å². The summed E-state index contributed by atoms with van der Waals surface area (Å²) >= 11 is 0. The zero-order valence-electron chi connectivity index (χ0n) is 12.7. The lowest BCUT2D eigenvalue weighted by molar-refractivity contribution is -0.643. The number of nitrogens with one attached hydrogen (secondary N) is 1. The van der Waals surface area contributed by atoms with Gasteiger partial charge in [-0.05, 0) is 29.0 Å². The Morgan fingerprint density at radius 2 is 1.48 bits per heavy atom. The van der Waals surface area contributed by atoms with Crippen molar-refractivity contribution in [3.8, 4) is 0 Å². The first kappa shape index (κ1) is 14.5. The monoisotopic (exact) mass is 410 g/mol. The van der Waals surface area contributed by atoms with Crippen molar-refractivity contribution in [3.05, 3.63) is 66.9 Å². The highest BCUT2D eigenvalue weighted by Gasteiger charge is 2.14. The van der Waals surface area contributed by atoms with Crippen LogP contribution in [-0.2, 0) is 7.05 Å². The normalized spacial score (nSPS) is 11.3.